The number of hydrogen-bond acceptors (Lipinski definition) is 17. The van der Waals surface area contributed by atoms with Gasteiger partial charge in [0.2, 0.25) is 17.8 Å². The van der Waals surface area contributed by atoms with Gasteiger partial charge in [-0.15, -0.1) is 21.5 Å². The summed E-state index contributed by atoms with van der Waals surface area (Å²) >= 11 is 1.59. The van der Waals surface area contributed by atoms with E-state index in [1.165, 1.54) is 10.5 Å². The van der Waals surface area contributed by atoms with E-state index in [1.807, 2.05) is 68.7 Å². The minimum absolute atomic E-state index is 0.00711. The summed E-state index contributed by atoms with van der Waals surface area (Å²) in [7, 11) is 0. The van der Waals surface area contributed by atoms with Gasteiger partial charge in [-0.2, -0.15) is 0 Å². The number of benzene rings is 2. The Labute approximate surface area is 435 Å². The number of aromatic hydroxyl groups is 1. The number of thiazole rings is 1. The minimum Gasteiger partial charge on any atom is -0.507 e. The molecule has 1 aliphatic carbocycles. The number of piperidine rings is 1. The lowest BCUT2D eigenvalue weighted by molar-refractivity contribution is -0.141. The zero-order valence-corrected chi connectivity index (χ0v) is 43.1. The number of para-hydroxylation sites is 1. The number of carbonyl (C=O) groups excluding carboxylic acids is 2. The number of ether oxygens (including phenoxy) is 1. The molecule has 6 aromatic rings. The Balaban J connectivity index is 0.636. The molecule has 11 rings (SSSR count). The van der Waals surface area contributed by atoms with Crippen molar-refractivity contribution in [2.45, 2.75) is 133 Å². The van der Waals surface area contributed by atoms with Gasteiger partial charge in [-0.05, 0) is 123 Å². The number of phenolic OH excluding ortho intramolecular Hbond substituents is 1. The van der Waals surface area contributed by atoms with Gasteiger partial charge in [-0.3, -0.25) is 9.59 Å². The number of aliphatic hydroxyl groups is 1. The van der Waals surface area contributed by atoms with Crippen LogP contribution in [0.4, 0.5) is 17.5 Å². The van der Waals surface area contributed by atoms with Crippen molar-refractivity contribution < 1.29 is 29.1 Å². The van der Waals surface area contributed by atoms with Crippen molar-refractivity contribution in [2.75, 3.05) is 48.3 Å². The van der Waals surface area contributed by atoms with Crippen molar-refractivity contribution in [3.8, 4) is 33.3 Å². The fraction of sp³-hybridized carbons (Fsp3) is 0.491. The third-order valence-corrected chi connectivity index (χ3v) is 17.2. The fourth-order valence-electron chi connectivity index (χ4n) is 12.2. The molecular weight excluding hydrogens is 957 g/mol. The highest BCUT2D eigenvalue weighted by atomic mass is 32.1. The molecule has 4 aliphatic heterocycles. The Morgan fingerprint density at radius 3 is 2.30 bits per heavy atom. The predicted molar refractivity (Wildman–Crippen MR) is 282 cm³/mol. The van der Waals surface area contributed by atoms with Crippen LogP contribution in [0.1, 0.15) is 106 Å². The van der Waals surface area contributed by atoms with E-state index in [4.69, 9.17) is 25.0 Å². The van der Waals surface area contributed by atoms with Crippen LogP contribution >= 0.6 is 11.3 Å². The number of fused-ring (bicyclic) bond motifs is 2. The lowest BCUT2D eigenvalue weighted by Gasteiger charge is -2.42. The van der Waals surface area contributed by atoms with Gasteiger partial charge < -0.3 is 50.1 Å². The van der Waals surface area contributed by atoms with Gasteiger partial charge >= 0.3 is 0 Å². The van der Waals surface area contributed by atoms with E-state index in [-0.39, 0.29) is 54.6 Å². The Morgan fingerprint density at radius 1 is 0.892 bits per heavy atom. The summed E-state index contributed by atoms with van der Waals surface area (Å²) in [6, 6.07) is 19.0. The van der Waals surface area contributed by atoms with Crippen molar-refractivity contribution in [3.63, 3.8) is 0 Å². The maximum atomic E-state index is 14.3. The highest BCUT2D eigenvalue weighted by Crippen LogP contribution is 2.40. The Hall–Kier alpha value is -6.70. The number of aliphatic hydroxyl groups excluding tert-OH is 1. The van der Waals surface area contributed by atoms with Crippen molar-refractivity contribution in [3.05, 3.63) is 101 Å². The third kappa shape index (κ3) is 10.2. The molecule has 0 radical (unpaired) electrons. The van der Waals surface area contributed by atoms with Gasteiger partial charge in [-0.25, -0.2) is 15.0 Å². The number of amides is 2. The average molecular weight is 1020 g/mol. The van der Waals surface area contributed by atoms with Crippen LogP contribution in [-0.4, -0.2) is 131 Å². The lowest BCUT2D eigenvalue weighted by Crippen LogP contribution is -2.54. The molecule has 2 amide bonds. The van der Waals surface area contributed by atoms with Crippen LogP contribution in [0.2, 0.25) is 0 Å². The number of likely N-dealkylation sites (tertiary alicyclic amines) is 2. The molecule has 18 nitrogen and oxygen atoms in total. The number of nitrogens with zero attached hydrogens (tertiary/aromatic N) is 10. The fourth-order valence-corrected chi connectivity index (χ4v) is 13.0. The zero-order valence-electron chi connectivity index (χ0n) is 42.3. The molecule has 5 fully saturated rings. The van der Waals surface area contributed by atoms with E-state index in [2.05, 4.69) is 52.7 Å². The quantitative estimate of drug-likeness (QED) is 0.0855. The van der Waals surface area contributed by atoms with Crippen LogP contribution in [0.25, 0.3) is 21.7 Å². The van der Waals surface area contributed by atoms with Gasteiger partial charge in [0.1, 0.15) is 23.8 Å². The molecule has 4 saturated heterocycles. The molecule has 2 aromatic carbocycles. The predicted octanol–water partition coefficient (Wildman–Crippen LogP) is 7.09. The number of β-amino-alcohol motifs (C(OH)–C–C–N with tert-alkyl or cyclic N) is 1. The summed E-state index contributed by atoms with van der Waals surface area (Å²) in [4.78, 5) is 52.1. The number of nitrogen functional groups attached to an aromatic ring is 1. The molecule has 2 bridgehead atoms. The number of hydrogen-bond donors (Lipinski definition) is 4. The molecule has 388 valence electrons. The third-order valence-electron chi connectivity index (χ3n) is 16.2. The number of rotatable bonds is 14. The van der Waals surface area contributed by atoms with E-state index in [0.29, 0.717) is 47.2 Å². The van der Waals surface area contributed by atoms with Crippen LogP contribution in [0.5, 0.6) is 11.6 Å². The Bertz CT molecular complexity index is 2900. The molecule has 5 N–H and O–H groups in total. The Kier molecular flexibility index (Phi) is 14.2. The number of anilines is 3. The molecule has 74 heavy (non-hydrogen) atoms. The highest BCUT2D eigenvalue weighted by molar-refractivity contribution is 7.13. The molecule has 1 saturated carbocycles. The molecule has 4 aromatic heterocycles. The van der Waals surface area contributed by atoms with E-state index < -0.39 is 18.1 Å². The van der Waals surface area contributed by atoms with Crippen molar-refractivity contribution in [2.24, 2.45) is 5.92 Å². The summed E-state index contributed by atoms with van der Waals surface area (Å²) < 4.78 is 12.2. The average Bonchev–Trinajstić information content (AvgIpc) is 4.22. The monoisotopic (exact) mass is 1020 g/mol. The first kappa shape index (κ1) is 49.5. The largest absolute Gasteiger partial charge is 0.507 e. The van der Waals surface area contributed by atoms with E-state index in [9.17, 15) is 19.8 Å². The maximum Gasteiger partial charge on any atom is 0.254 e. The number of nitrogens with one attached hydrogen (secondary N) is 1. The maximum absolute atomic E-state index is 14.3. The molecule has 0 spiro atoms. The number of aryl methyl sites for hydroxylation is 1. The summed E-state index contributed by atoms with van der Waals surface area (Å²) in [5.74, 6) is 1.08. The van der Waals surface area contributed by atoms with Crippen molar-refractivity contribution >= 4 is 40.6 Å². The first-order chi connectivity index (χ1) is 35.9. The molecule has 5 atom stereocenters. The normalized spacial score (nSPS) is 23.9. The Morgan fingerprint density at radius 2 is 1.61 bits per heavy atom. The van der Waals surface area contributed by atoms with Crippen molar-refractivity contribution in [1.82, 2.24) is 45.4 Å². The van der Waals surface area contributed by atoms with Crippen LogP contribution in [0, 0.1) is 12.8 Å². The SMILES string of the molecule is Cc1ncsc1-c1ccc(CNC(=O)[C@@H]2C[C@@H](O)CN2C(=O)C(c2cc(OC3CCC(N4CCC(c5cnc(N6C7CCC6CN(c6cc(-c8ccccc8O)nnc6N)C7)nc5)CC4)CC3)no2)C(C)C)cc1. The van der Waals surface area contributed by atoms with E-state index in [1.54, 1.807) is 29.5 Å². The summed E-state index contributed by atoms with van der Waals surface area (Å²) in [5.41, 5.74) is 14.5. The van der Waals surface area contributed by atoms with Gasteiger partial charge in [0.05, 0.1) is 33.6 Å². The highest BCUT2D eigenvalue weighted by Gasteiger charge is 2.44. The summed E-state index contributed by atoms with van der Waals surface area (Å²) in [6.07, 6.45) is 11.5. The summed E-state index contributed by atoms with van der Waals surface area (Å²) in [6.45, 7) is 9.86. The number of piperazine rings is 1. The van der Waals surface area contributed by atoms with Crippen LogP contribution in [-0.2, 0) is 16.1 Å². The van der Waals surface area contributed by atoms with Gasteiger partial charge in [0.25, 0.3) is 5.88 Å². The van der Waals surface area contributed by atoms with Crippen LogP contribution < -0.4 is 25.6 Å². The number of phenols is 1. The summed E-state index contributed by atoms with van der Waals surface area (Å²) in [5, 5.41) is 37.0. The second kappa shape index (κ2) is 21.3. The lowest BCUT2D eigenvalue weighted by atomic mass is 9.87. The topological polar surface area (TPSA) is 225 Å². The van der Waals surface area contributed by atoms with Gasteiger partial charge in [0.15, 0.2) is 11.6 Å². The molecule has 19 heteroatoms. The zero-order chi connectivity index (χ0) is 51.0. The molecule has 5 aliphatic rings. The molecule has 3 unspecified atom stereocenters. The first-order valence-corrected chi connectivity index (χ1v) is 27.2. The second-order valence-electron chi connectivity index (χ2n) is 21.3. The number of aromatic nitrogens is 6. The number of nitrogens with two attached hydrogens (primary N) is 1. The van der Waals surface area contributed by atoms with E-state index in [0.717, 1.165) is 111 Å². The van der Waals surface area contributed by atoms with Gasteiger partial charge in [-0.1, -0.05) is 50.2 Å². The van der Waals surface area contributed by atoms with Crippen molar-refractivity contribution in [1.29, 1.82) is 0 Å². The van der Waals surface area contributed by atoms with E-state index >= 15 is 0 Å². The second-order valence-corrected chi connectivity index (χ2v) is 22.1. The smallest absolute Gasteiger partial charge is 0.254 e. The van der Waals surface area contributed by atoms with Crippen LogP contribution in [0.3, 0.4) is 0 Å². The minimum atomic E-state index is -0.810. The standard InChI is InChI=1S/C55H66N12O6S/c1-32(2)50(54(71)66-30-41(68)22-46(66)53(70)57-25-34-8-10-36(11-9-34)51-33(3)60-31-74-51)48-24-49(63-73-48)72-42-16-14-38(15-17-42)64-20-18-35(19-21-64)37-26-58-55(59-27-37)67-39-12-13-40(67)29-65(28-39)45-23-44(61-62-52(45)56)43-6-4-5-7-47(43)69/h4-11,23-24,26-27,31-32,35,38-42,46,50,68-69H,12-22,25,28-30H2,1-3H3,(H2,56,62)(H,57,70)/t38?,39?,40?,41-,42?,46+,50?/m1/s1. The van der Waals surface area contributed by atoms with Gasteiger partial charge in [0, 0.05) is 74.7 Å². The number of carbonyl (C=O) groups is 2. The van der Waals surface area contributed by atoms with Crippen LogP contribution in [0.15, 0.2) is 83.1 Å². The first-order valence-electron chi connectivity index (χ1n) is 26.3. The molecular formula is C55H66N12O6S. The molecule has 8 heterocycles.